The quantitative estimate of drug-likeness (QED) is 0.885. The molecule has 2 aromatic rings. The number of rotatable bonds is 6. The number of aromatic nitrogens is 1. The highest BCUT2D eigenvalue weighted by Gasteiger charge is 2.07. The van der Waals surface area contributed by atoms with Crippen molar-refractivity contribution in [3.8, 4) is 11.5 Å². The van der Waals surface area contributed by atoms with E-state index in [1.807, 2.05) is 31.2 Å². The molecule has 21 heavy (non-hydrogen) atoms. The van der Waals surface area contributed by atoms with Gasteiger partial charge in [0.2, 0.25) is 0 Å². The Kier molecular flexibility index (Phi) is 4.94. The lowest BCUT2D eigenvalue weighted by molar-refractivity contribution is 0.0702. The molecule has 0 amide bonds. The largest absolute Gasteiger partial charge is 0.493 e. The molecular weight excluding hydrogens is 290 g/mol. The van der Waals surface area contributed by atoms with Gasteiger partial charge in [0.05, 0.1) is 19.9 Å². The Balaban J connectivity index is 2.19. The lowest BCUT2D eigenvalue weighted by Gasteiger charge is -2.09. The zero-order valence-electron chi connectivity index (χ0n) is 11.7. The molecular formula is C15H15NO4S. The van der Waals surface area contributed by atoms with E-state index in [1.54, 1.807) is 13.2 Å². The second-order valence-corrected chi connectivity index (χ2v) is 5.11. The van der Waals surface area contributed by atoms with Gasteiger partial charge >= 0.3 is 5.97 Å². The van der Waals surface area contributed by atoms with E-state index in [4.69, 9.17) is 14.6 Å². The van der Waals surface area contributed by atoms with Crippen molar-refractivity contribution in [2.75, 3.05) is 13.7 Å². The number of ether oxygens (including phenoxy) is 2. The van der Waals surface area contributed by atoms with Crippen LogP contribution in [0, 0.1) is 0 Å². The van der Waals surface area contributed by atoms with Gasteiger partial charge in [0, 0.05) is 0 Å². The van der Waals surface area contributed by atoms with Gasteiger partial charge in [-0.1, -0.05) is 12.1 Å². The smallest absolute Gasteiger partial charge is 0.347 e. The molecule has 0 aliphatic heterocycles. The molecule has 1 N–H and O–H groups in total. The Labute approximate surface area is 126 Å². The summed E-state index contributed by atoms with van der Waals surface area (Å²) in [6, 6.07) is 5.59. The molecule has 2 rings (SSSR count). The van der Waals surface area contributed by atoms with Crippen LogP contribution in [0.15, 0.2) is 24.4 Å². The van der Waals surface area contributed by atoms with E-state index in [1.165, 1.54) is 6.20 Å². The summed E-state index contributed by atoms with van der Waals surface area (Å²) >= 11 is 1.13. The SMILES string of the molecule is CCOc1cc(/C=C/c2ncc(C(=O)O)s2)ccc1OC. The first kappa shape index (κ1) is 15.1. The predicted molar refractivity (Wildman–Crippen MR) is 82.2 cm³/mol. The Morgan fingerprint density at radius 1 is 1.38 bits per heavy atom. The van der Waals surface area contributed by atoms with Crippen LogP contribution in [0.5, 0.6) is 11.5 Å². The molecule has 0 spiro atoms. The molecule has 1 aromatic heterocycles. The molecule has 0 unspecified atom stereocenters. The van der Waals surface area contributed by atoms with E-state index in [0.29, 0.717) is 23.1 Å². The number of carboxylic acids is 1. The molecule has 1 aromatic carbocycles. The first-order chi connectivity index (χ1) is 10.1. The van der Waals surface area contributed by atoms with Crippen LogP contribution < -0.4 is 9.47 Å². The highest BCUT2D eigenvalue weighted by atomic mass is 32.1. The molecule has 5 nitrogen and oxygen atoms in total. The molecule has 0 aliphatic rings. The van der Waals surface area contributed by atoms with Crippen molar-refractivity contribution in [1.82, 2.24) is 4.98 Å². The fraction of sp³-hybridized carbons (Fsp3) is 0.200. The Bertz CT molecular complexity index is 663. The number of carboxylic acid groups (broad SMARTS) is 1. The van der Waals surface area contributed by atoms with Gasteiger partial charge in [-0.2, -0.15) is 0 Å². The lowest BCUT2D eigenvalue weighted by Crippen LogP contribution is -1.95. The van der Waals surface area contributed by atoms with Gasteiger partial charge < -0.3 is 14.6 Å². The molecule has 0 saturated heterocycles. The van der Waals surface area contributed by atoms with Crippen molar-refractivity contribution in [3.63, 3.8) is 0 Å². The van der Waals surface area contributed by atoms with Gasteiger partial charge in [0.1, 0.15) is 9.88 Å². The summed E-state index contributed by atoms with van der Waals surface area (Å²) in [5.41, 5.74) is 0.923. The third kappa shape index (κ3) is 3.82. The summed E-state index contributed by atoms with van der Waals surface area (Å²) in [5, 5.41) is 9.49. The summed E-state index contributed by atoms with van der Waals surface area (Å²) < 4.78 is 10.7. The minimum Gasteiger partial charge on any atom is -0.493 e. The zero-order valence-corrected chi connectivity index (χ0v) is 12.5. The molecule has 0 fully saturated rings. The van der Waals surface area contributed by atoms with Crippen LogP contribution in [-0.2, 0) is 0 Å². The van der Waals surface area contributed by atoms with Gasteiger partial charge in [-0.3, -0.25) is 0 Å². The molecule has 0 saturated carbocycles. The van der Waals surface area contributed by atoms with Gasteiger partial charge in [-0.25, -0.2) is 9.78 Å². The topological polar surface area (TPSA) is 68.7 Å². The van der Waals surface area contributed by atoms with Crippen molar-refractivity contribution in [1.29, 1.82) is 0 Å². The van der Waals surface area contributed by atoms with Crippen LogP contribution in [0.4, 0.5) is 0 Å². The second kappa shape index (κ2) is 6.90. The molecule has 6 heteroatoms. The third-order valence-corrected chi connectivity index (χ3v) is 3.59. The van der Waals surface area contributed by atoms with E-state index < -0.39 is 5.97 Å². The van der Waals surface area contributed by atoms with Crippen LogP contribution in [0.2, 0.25) is 0 Å². The first-order valence-electron chi connectivity index (χ1n) is 6.32. The summed E-state index contributed by atoms with van der Waals surface area (Å²) in [6.07, 6.45) is 4.98. The molecule has 0 atom stereocenters. The molecule has 1 heterocycles. The maximum Gasteiger partial charge on any atom is 0.347 e. The van der Waals surface area contributed by atoms with Crippen LogP contribution >= 0.6 is 11.3 Å². The van der Waals surface area contributed by atoms with Crippen LogP contribution in [-0.4, -0.2) is 29.8 Å². The van der Waals surface area contributed by atoms with Crippen molar-refractivity contribution in [2.24, 2.45) is 0 Å². The number of hydrogen-bond donors (Lipinski definition) is 1. The number of hydrogen-bond acceptors (Lipinski definition) is 5. The van der Waals surface area contributed by atoms with Crippen molar-refractivity contribution in [3.05, 3.63) is 39.8 Å². The van der Waals surface area contributed by atoms with Crippen molar-refractivity contribution in [2.45, 2.75) is 6.92 Å². The van der Waals surface area contributed by atoms with Gasteiger partial charge in [-0.05, 0) is 30.7 Å². The molecule has 0 bridgehead atoms. The van der Waals surface area contributed by atoms with E-state index in [-0.39, 0.29) is 4.88 Å². The number of thiazole rings is 1. The highest BCUT2D eigenvalue weighted by molar-refractivity contribution is 7.14. The number of nitrogens with zero attached hydrogens (tertiary/aromatic N) is 1. The monoisotopic (exact) mass is 305 g/mol. The normalized spacial score (nSPS) is 10.8. The van der Waals surface area contributed by atoms with Crippen LogP contribution in [0.25, 0.3) is 12.2 Å². The zero-order chi connectivity index (χ0) is 15.2. The molecule has 0 radical (unpaired) electrons. The Hall–Kier alpha value is -2.34. The van der Waals surface area contributed by atoms with Crippen LogP contribution in [0.1, 0.15) is 27.2 Å². The number of benzene rings is 1. The summed E-state index contributed by atoms with van der Waals surface area (Å²) in [6.45, 7) is 2.46. The number of aromatic carboxylic acids is 1. The Morgan fingerprint density at radius 3 is 2.81 bits per heavy atom. The summed E-state index contributed by atoms with van der Waals surface area (Å²) in [4.78, 5) is 15.1. The number of carbonyl (C=O) groups is 1. The molecule has 0 aliphatic carbocycles. The lowest BCUT2D eigenvalue weighted by atomic mass is 10.2. The average Bonchev–Trinajstić information content (AvgIpc) is 2.95. The number of methoxy groups -OCH3 is 1. The van der Waals surface area contributed by atoms with E-state index in [9.17, 15) is 4.79 Å². The van der Waals surface area contributed by atoms with Crippen LogP contribution in [0.3, 0.4) is 0 Å². The predicted octanol–water partition coefficient (Wildman–Crippen LogP) is 3.42. The fourth-order valence-electron chi connectivity index (χ4n) is 1.70. The van der Waals surface area contributed by atoms with Crippen molar-refractivity contribution < 1.29 is 19.4 Å². The van der Waals surface area contributed by atoms with Gasteiger partial charge in [0.15, 0.2) is 11.5 Å². The maximum atomic E-state index is 10.8. The third-order valence-electron chi connectivity index (χ3n) is 2.64. The maximum absolute atomic E-state index is 10.8. The Morgan fingerprint density at radius 2 is 2.19 bits per heavy atom. The summed E-state index contributed by atoms with van der Waals surface area (Å²) in [7, 11) is 1.59. The minimum absolute atomic E-state index is 0.222. The minimum atomic E-state index is -0.963. The fourth-order valence-corrected chi connectivity index (χ4v) is 2.36. The van der Waals surface area contributed by atoms with Crippen molar-refractivity contribution >= 4 is 29.5 Å². The molecule has 110 valence electrons. The van der Waals surface area contributed by atoms with E-state index >= 15 is 0 Å². The van der Waals surface area contributed by atoms with E-state index in [2.05, 4.69) is 4.98 Å². The highest BCUT2D eigenvalue weighted by Crippen LogP contribution is 2.29. The standard InChI is InChI=1S/C15H15NO4S/c1-3-20-12-8-10(4-6-11(12)19-2)5-7-14-16-9-13(21-14)15(17)18/h4-9H,3H2,1-2H3,(H,17,18)/b7-5+. The van der Waals surface area contributed by atoms with Gasteiger partial charge in [0.25, 0.3) is 0 Å². The average molecular weight is 305 g/mol. The second-order valence-electron chi connectivity index (χ2n) is 4.04. The first-order valence-corrected chi connectivity index (χ1v) is 7.13. The van der Waals surface area contributed by atoms with Gasteiger partial charge in [-0.15, -0.1) is 11.3 Å². The van der Waals surface area contributed by atoms with E-state index in [0.717, 1.165) is 16.9 Å². The summed E-state index contributed by atoms with van der Waals surface area (Å²) in [5.74, 6) is 0.388.